The Morgan fingerprint density at radius 1 is 0.339 bits per heavy atom. The molecular formula is C53H92O6. The molecule has 0 radical (unpaired) electrons. The molecule has 0 spiro atoms. The van der Waals surface area contributed by atoms with Gasteiger partial charge in [0, 0.05) is 19.3 Å². The highest BCUT2D eigenvalue weighted by molar-refractivity contribution is 5.71. The summed E-state index contributed by atoms with van der Waals surface area (Å²) in [4.78, 5) is 37.8. The Morgan fingerprint density at radius 2 is 0.644 bits per heavy atom. The van der Waals surface area contributed by atoms with Crippen molar-refractivity contribution < 1.29 is 28.6 Å². The minimum absolute atomic E-state index is 0.0799. The number of esters is 3. The number of allylic oxidation sites excluding steroid dienone is 10. The molecule has 0 aromatic heterocycles. The van der Waals surface area contributed by atoms with Crippen molar-refractivity contribution in [1.82, 2.24) is 0 Å². The van der Waals surface area contributed by atoms with Crippen molar-refractivity contribution in [3.05, 3.63) is 60.8 Å². The van der Waals surface area contributed by atoms with Crippen LogP contribution in [0.25, 0.3) is 0 Å². The topological polar surface area (TPSA) is 78.9 Å². The SMILES string of the molecule is CCC\C=C/C=C\C=C/C=C\C=C/CCCCCCCC(=O)OCC(COC(=O)CCCCCCCCCCCC)OC(=O)CCCCCCCCCCCCCCC. The van der Waals surface area contributed by atoms with E-state index in [1.165, 1.54) is 116 Å². The lowest BCUT2D eigenvalue weighted by atomic mass is 10.0. The molecule has 0 aliphatic rings. The van der Waals surface area contributed by atoms with Crippen LogP contribution in [0.2, 0.25) is 0 Å². The smallest absolute Gasteiger partial charge is 0.306 e. The van der Waals surface area contributed by atoms with Gasteiger partial charge in [0.1, 0.15) is 13.2 Å². The highest BCUT2D eigenvalue weighted by Gasteiger charge is 2.19. The van der Waals surface area contributed by atoms with Crippen molar-refractivity contribution in [2.45, 2.75) is 245 Å². The Bertz CT molecular complexity index is 1090. The second kappa shape index (κ2) is 47.8. The van der Waals surface area contributed by atoms with Gasteiger partial charge >= 0.3 is 17.9 Å². The number of hydrogen-bond acceptors (Lipinski definition) is 6. The average molecular weight is 825 g/mol. The molecule has 0 aromatic rings. The average Bonchev–Trinajstić information content (AvgIpc) is 3.23. The van der Waals surface area contributed by atoms with Gasteiger partial charge in [0.15, 0.2) is 6.10 Å². The van der Waals surface area contributed by atoms with E-state index in [9.17, 15) is 14.4 Å². The molecule has 0 saturated heterocycles. The van der Waals surface area contributed by atoms with E-state index in [2.05, 4.69) is 57.2 Å². The molecule has 0 aliphatic carbocycles. The van der Waals surface area contributed by atoms with E-state index < -0.39 is 6.10 Å². The van der Waals surface area contributed by atoms with Crippen molar-refractivity contribution in [3.8, 4) is 0 Å². The van der Waals surface area contributed by atoms with Crippen molar-refractivity contribution in [2.24, 2.45) is 0 Å². The van der Waals surface area contributed by atoms with E-state index in [0.29, 0.717) is 19.3 Å². The van der Waals surface area contributed by atoms with E-state index >= 15 is 0 Å². The molecule has 59 heavy (non-hydrogen) atoms. The summed E-state index contributed by atoms with van der Waals surface area (Å²) in [5.41, 5.74) is 0. The number of carbonyl (C=O) groups excluding carboxylic acids is 3. The van der Waals surface area contributed by atoms with Crippen LogP contribution in [-0.2, 0) is 28.6 Å². The second-order valence-corrected chi connectivity index (χ2v) is 16.5. The van der Waals surface area contributed by atoms with Crippen LogP contribution in [0.15, 0.2) is 60.8 Å². The van der Waals surface area contributed by atoms with Crippen LogP contribution >= 0.6 is 0 Å². The summed E-state index contributed by atoms with van der Waals surface area (Å²) in [7, 11) is 0. The van der Waals surface area contributed by atoms with Crippen LogP contribution in [0, 0.1) is 0 Å². The molecule has 1 unspecified atom stereocenters. The van der Waals surface area contributed by atoms with E-state index in [4.69, 9.17) is 14.2 Å². The fraction of sp³-hybridized carbons (Fsp3) is 0.755. The van der Waals surface area contributed by atoms with Crippen molar-refractivity contribution in [1.29, 1.82) is 0 Å². The molecule has 0 amide bonds. The molecule has 0 heterocycles. The van der Waals surface area contributed by atoms with Gasteiger partial charge in [-0.2, -0.15) is 0 Å². The van der Waals surface area contributed by atoms with E-state index in [-0.39, 0.29) is 31.1 Å². The number of hydrogen-bond donors (Lipinski definition) is 0. The first kappa shape index (κ1) is 56.1. The molecule has 1 atom stereocenters. The summed E-state index contributed by atoms with van der Waals surface area (Å²) in [6.07, 6.45) is 57.6. The highest BCUT2D eigenvalue weighted by atomic mass is 16.6. The molecular weight excluding hydrogens is 733 g/mol. The lowest BCUT2D eigenvalue weighted by molar-refractivity contribution is -0.167. The van der Waals surface area contributed by atoms with Gasteiger partial charge in [0.2, 0.25) is 0 Å². The first-order valence-electron chi connectivity index (χ1n) is 24.9. The molecule has 0 saturated carbocycles. The van der Waals surface area contributed by atoms with Crippen LogP contribution in [0.1, 0.15) is 239 Å². The predicted octanol–water partition coefficient (Wildman–Crippen LogP) is 16.1. The predicted molar refractivity (Wildman–Crippen MR) is 251 cm³/mol. The van der Waals surface area contributed by atoms with Gasteiger partial charge in [0.25, 0.3) is 0 Å². The van der Waals surface area contributed by atoms with Gasteiger partial charge < -0.3 is 14.2 Å². The van der Waals surface area contributed by atoms with Gasteiger partial charge in [-0.1, -0.05) is 242 Å². The third-order valence-electron chi connectivity index (χ3n) is 10.6. The molecule has 0 fully saturated rings. The van der Waals surface area contributed by atoms with Gasteiger partial charge in [-0.05, 0) is 38.5 Å². The maximum Gasteiger partial charge on any atom is 0.306 e. The Morgan fingerprint density at radius 3 is 1.02 bits per heavy atom. The number of rotatable bonds is 44. The van der Waals surface area contributed by atoms with Crippen LogP contribution < -0.4 is 0 Å². The number of carbonyl (C=O) groups is 3. The monoisotopic (exact) mass is 825 g/mol. The van der Waals surface area contributed by atoms with Crippen LogP contribution in [-0.4, -0.2) is 37.2 Å². The molecule has 0 bridgehead atoms. The summed E-state index contributed by atoms with van der Waals surface area (Å²) in [6, 6.07) is 0. The molecule has 0 aliphatic heterocycles. The third-order valence-corrected chi connectivity index (χ3v) is 10.6. The van der Waals surface area contributed by atoms with Crippen molar-refractivity contribution in [3.63, 3.8) is 0 Å². The molecule has 0 aromatic carbocycles. The number of ether oxygens (including phenoxy) is 3. The second-order valence-electron chi connectivity index (χ2n) is 16.5. The number of unbranched alkanes of at least 4 members (excludes halogenated alkanes) is 27. The summed E-state index contributed by atoms with van der Waals surface area (Å²) >= 11 is 0. The quantitative estimate of drug-likeness (QED) is 0.0263. The fourth-order valence-corrected chi connectivity index (χ4v) is 6.88. The zero-order valence-corrected chi connectivity index (χ0v) is 38.8. The molecule has 6 nitrogen and oxygen atoms in total. The summed E-state index contributed by atoms with van der Waals surface area (Å²) < 4.78 is 16.7. The Labute approximate surface area is 364 Å². The first-order chi connectivity index (χ1) is 29.0. The lowest BCUT2D eigenvalue weighted by Crippen LogP contribution is -2.30. The fourth-order valence-electron chi connectivity index (χ4n) is 6.88. The Kier molecular flexibility index (Phi) is 45.4. The van der Waals surface area contributed by atoms with E-state index in [1.807, 2.05) is 24.3 Å². The normalized spacial score (nSPS) is 12.5. The highest BCUT2D eigenvalue weighted by Crippen LogP contribution is 2.15. The first-order valence-corrected chi connectivity index (χ1v) is 24.9. The van der Waals surface area contributed by atoms with E-state index in [0.717, 1.165) is 83.5 Å². The van der Waals surface area contributed by atoms with Gasteiger partial charge in [-0.3, -0.25) is 14.4 Å². The molecule has 0 rings (SSSR count). The van der Waals surface area contributed by atoms with Crippen molar-refractivity contribution >= 4 is 17.9 Å². The zero-order valence-electron chi connectivity index (χ0n) is 38.8. The van der Waals surface area contributed by atoms with Crippen LogP contribution in [0.5, 0.6) is 0 Å². The lowest BCUT2D eigenvalue weighted by Gasteiger charge is -2.18. The van der Waals surface area contributed by atoms with Gasteiger partial charge in [-0.15, -0.1) is 0 Å². The standard InChI is InChI=1S/C53H92O6/c1-4-7-10-13-16-19-22-24-25-26-27-28-30-31-34-37-40-43-46-52(55)58-49-50(48-57-51(54)45-42-39-36-33-21-18-15-12-9-6-3)59-53(56)47-44-41-38-35-32-29-23-20-17-14-11-8-5-2/h10,13,16,19,22,24-28,50H,4-9,11-12,14-15,17-18,20-21,23,29-49H2,1-3H3/b13-10-,19-16-,24-22-,26-25-,28-27-. The van der Waals surface area contributed by atoms with Gasteiger partial charge in [-0.25, -0.2) is 0 Å². The van der Waals surface area contributed by atoms with Gasteiger partial charge in [0.05, 0.1) is 0 Å². The molecule has 340 valence electrons. The van der Waals surface area contributed by atoms with Crippen LogP contribution in [0.3, 0.4) is 0 Å². The minimum atomic E-state index is -0.779. The minimum Gasteiger partial charge on any atom is -0.462 e. The maximum absolute atomic E-state index is 12.8. The Balaban J connectivity index is 4.39. The zero-order chi connectivity index (χ0) is 43.0. The Hall–Kier alpha value is -2.89. The molecule has 0 N–H and O–H groups in total. The molecule has 6 heteroatoms. The van der Waals surface area contributed by atoms with E-state index in [1.54, 1.807) is 0 Å². The summed E-state index contributed by atoms with van der Waals surface area (Å²) in [6.45, 7) is 6.52. The summed E-state index contributed by atoms with van der Waals surface area (Å²) in [5, 5.41) is 0. The summed E-state index contributed by atoms with van der Waals surface area (Å²) in [5.74, 6) is -0.903. The largest absolute Gasteiger partial charge is 0.462 e. The van der Waals surface area contributed by atoms with Crippen LogP contribution in [0.4, 0.5) is 0 Å². The third kappa shape index (κ3) is 46.0. The maximum atomic E-state index is 12.8. The van der Waals surface area contributed by atoms with Crippen molar-refractivity contribution in [2.75, 3.05) is 13.2 Å².